The summed E-state index contributed by atoms with van der Waals surface area (Å²) in [5, 5.41) is 3.58. The van der Waals surface area contributed by atoms with Crippen molar-refractivity contribution < 1.29 is 13.2 Å². The summed E-state index contributed by atoms with van der Waals surface area (Å²) in [6.07, 6.45) is -4.10. The average Bonchev–Trinajstić information content (AvgIpc) is 2.09. The maximum atomic E-state index is 11.9. The first kappa shape index (κ1) is 14.1. The molecule has 0 aromatic heterocycles. The minimum atomic E-state index is -4.10. The highest BCUT2D eigenvalue weighted by Crippen LogP contribution is 2.24. The van der Waals surface area contributed by atoms with Crippen LogP contribution in [0.1, 0.15) is 13.8 Å². The summed E-state index contributed by atoms with van der Waals surface area (Å²) in [6.45, 7) is 6.49. The number of hydrogen-bond acceptors (Lipinski definition) is 3. The van der Waals surface area contributed by atoms with Crippen LogP contribution in [0.15, 0.2) is 0 Å². The zero-order chi connectivity index (χ0) is 12.2. The molecular weight excluding hydrogens is 237 g/mol. The van der Waals surface area contributed by atoms with Gasteiger partial charge in [0.25, 0.3) is 0 Å². The van der Waals surface area contributed by atoms with Gasteiger partial charge in [-0.25, -0.2) is 0 Å². The van der Waals surface area contributed by atoms with E-state index in [0.29, 0.717) is 23.6 Å². The summed E-state index contributed by atoms with van der Waals surface area (Å²) in [5.74, 6) is 0. The highest BCUT2D eigenvalue weighted by Gasteiger charge is 2.26. The standard InChI is InChI=1S/C10H19F3N2S/c1-8-5-15(6-9(2)16-8)4-3-14-7-10(11,12)13/h8-9,14H,3-7H2,1-2H3. The first-order valence-electron chi connectivity index (χ1n) is 5.52. The van der Waals surface area contributed by atoms with Crippen LogP contribution in [0.3, 0.4) is 0 Å². The minimum Gasteiger partial charge on any atom is -0.307 e. The zero-order valence-electron chi connectivity index (χ0n) is 9.68. The summed E-state index contributed by atoms with van der Waals surface area (Å²) < 4.78 is 35.6. The van der Waals surface area contributed by atoms with Gasteiger partial charge in [0.15, 0.2) is 0 Å². The average molecular weight is 256 g/mol. The molecular formula is C10H19F3N2S. The lowest BCUT2D eigenvalue weighted by atomic mass is 10.3. The number of halogens is 3. The second kappa shape index (κ2) is 6.12. The van der Waals surface area contributed by atoms with Gasteiger partial charge >= 0.3 is 6.18 Å². The summed E-state index contributed by atoms with van der Waals surface area (Å²) in [5.41, 5.74) is 0. The van der Waals surface area contributed by atoms with E-state index in [1.807, 2.05) is 11.8 Å². The molecule has 0 aliphatic carbocycles. The van der Waals surface area contributed by atoms with Gasteiger partial charge in [0.2, 0.25) is 0 Å². The molecule has 2 atom stereocenters. The van der Waals surface area contributed by atoms with Crippen LogP contribution < -0.4 is 5.32 Å². The normalized spacial score (nSPS) is 28.3. The van der Waals surface area contributed by atoms with Crippen LogP contribution in [0.25, 0.3) is 0 Å². The Balaban J connectivity index is 2.13. The van der Waals surface area contributed by atoms with Crippen molar-refractivity contribution in [1.82, 2.24) is 10.2 Å². The van der Waals surface area contributed by atoms with Crippen molar-refractivity contribution in [2.24, 2.45) is 0 Å². The van der Waals surface area contributed by atoms with Crippen molar-refractivity contribution in [2.75, 3.05) is 32.7 Å². The van der Waals surface area contributed by atoms with Crippen molar-refractivity contribution in [3.05, 3.63) is 0 Å². The van der Waals surface area contributed by atoms with Crippen LogP contribution in [-0.4, -0.2) is 54.3 Å². The lowest BCUT2D eigenvalue weighted by Gasteiger charge is -2.34. The molecule has 0 aromatic carbocycles. The van der Waals surface area contributed by atoms with E-state index in [9.17, 15) is 13.2 Å². The van der Waals surface area contributed by atoms with Crippen LogP contribution >= 0.6 is 11.8 Å². The van der Waals surface area contributed by atoms with E-state index < -0.39 is 12.7 Å². The quantitative estimate of drug-likeness (QED) is 0.774. The molecule has 0 saturated carbocycles. The number of hydrogen-bond donors (Lipinski definition) is 1. The lowest BCUT2D eigenvalue weighted by molar-refractivity contribution is -0.124. The van der Waals surface area contributed by atoms with E-state index in [1.54, 1.807) is 0 Å². The fourth-order valence-electron chi connectivity index (χ4n) is 1.93. The Hall–Kier alpha value is 0.0600. The molecule has 0 aromatic rings. The van der Waals surface area contributed by atoms with Gasteiger partial charge in [-0.3, -0.25) is 4.90 Å². The van der Waals surface area contributed by atoms with Crippen molar-refractivity contribution in [3.63, 3.8) is 0 Å². The van der Waals surface area contributed by atoms with Gasteiger partial charge in [-0.1, -0.05) is 13.8 Å². The summed E-state index contributed by atoms with van der Waals surface area (Å²) in [7, 11) is 0. The molecule has 0 bridgehead atoms. The maximum absolute atomic E-state index is 11.9. The first-order valence-corrected chi connectivity index (χ1v) is 6.46. The maximum Gasteiger partial charge on any atom is 0.401 e. The Labute approximate surface area is 98.9 Å². The first-order chi connectivity index (χ1) is 7.37. The molecule has 0 spiro atoms. The van der Waals surface area contributed by atoms with Gasteiger partial charge in [0.1, 0.15) is 0 Å². The number of alkyl halides is 3. The van der Waals surface area contributed by atoms with Crippen molar-refractivity contribution in [1.29, 1.82) is 0 Å². The Bertz CT molecular complexity index is 201. The largest absolute Gasteiger partial charge is 0.401 e. The monoisotopic (exact) mass is 256 g/mol. The van der Waals surface area contributed by atoms with Gasteiger partial charge in [-0.2, -0.15) is 24.9 Å². The van der Waals surface area contributed by atoms with Gasteiger partial charge in [0, 0.05) is 36.7 Å². The van der Waals surface area contributed by atoms with Crippen molar-refractivity contribution in [3.8, 4) is 0 Å². The Kier molecular flexibility index (Phi) is 5.40. The van der Waals surface area contributed by atoms with Gasteiger partial charge in [-0.15, -0.1) is 0 Å². The SMILES string of the molecule is CC1CN(CCNCC(F)(F)F)CC(C)S1. The second-order valence-corrected chi connectivity index (χ2v) is 6.19. The third-order valence-electron chi connectivity index (χ3n) is 2.43. The molecule has 2 unspecified atom stereocenters. The fraction of sp³-hybridized carbons (Fsp3) is 1.00. The number of nitrogens with one attached hydrogen (secondary N) is 1. The van der Waals surface area contributed by atoms with Crippen LogP contribution in [0, 0.1) is 0 Å². The molecule has 0 radical (unpaired) electrons. The van der Waals surface area contributed by atoms with Crippen molar-refractivity contribution >= 4 is 11.8 Å². The molecule has 6 heteroatoms. The van der Waals surface area contributed by atoms with Crippen molar-refractivity contribution in [2.45, 2.75) is 30.5 Å². The third-order valence-corrected chi connectivity index (χ3v) is 3.65. The highest BCUT2D eigenvalue weighted by atomic mass is 32.2. The molecule has 1 rings (SSSR count). The van der Waals surface area contributed by atoms with E-state index in [4.69, 9.17) is 0 Å². The molecule has 1 aliphatic rings. The van der Waals surface area contributed by atoms with E-state index in [-0.39, 0.29) is 0 Å². The smallest absolute Gasteiger partial charge is 0.307 e. The van der Waals surface area contributed by atoms with E-state index in [1.165, 1.54) is 0 Å². The molecule has 1 fully saturated rings. The lowest BCUT2D eigenvalue weighted by Crippen LogP contribution is -2.44. The Morgan fingerprint density at radius 3 is 2.31 bits per heavy atom. The number of rotatable bonds is 4. The Morgan fingerprint density at radius 2 is 1.81 bits per heavy atom. The molecule has 2 nitrogen and oxygen atoms in total. The van der Waals surface area contributed by atoms with Gasteiger partial charge in [-0.05, 0) is 0 Å². The topological polar surface area (TPSA) is 15.3 Å². The summed E-state index contributed by atoms with van der Waals surface area (Å²) >= 11 is 1.95. The minimum absolute atomic E-state index is 0.406. The molecule has 1 aliphatic heterocycles. The third kappa shape index (κ3) is 5.96. The molecule has 96 valence electrons. The molecule has 1 N–H and O–H groups in total. The summed E-state index contributed by atoms with van der Waals surface area (Å²) in [6, 6.07) is 0. The van der Waals surface area contributed by atoms with Gasteiger partial charge < -0.3 is 5.32 Å². The van der Waals surface area contributed by atoms with E-state index >= 15 is 0 Å². The predicted octanol–water partition coefficient (Wildman–Crippen LogP) is 1.96. The fourth-order valence-corrected chi connectivity index (χ4v) is 3.32. The zero-order valence-corrected chi connectivity index (χ0v) is 10.5. The molecule has 0 amide bonds. The van der Waals surface area contributed by atoms with Gasteiger partial charge in [0.05, 0.1) is 6.54 Å². The molecule has 1 saturated heterocycles. The van der Waals surface area contributed by atoms with Crippen LogP contribution in [0.4, 0.5) is 13.2 Å². The second-order valence-electron chi connectivity index (χ2n) is 4.31. The number of thioether (sulfide) groups is 1. The molecule has 1 heterocycles. The van der Waals surface area contributed by atoms with Crippen LogP contribution in [-0.2, 0) is 0 Å². The molecule has 16 heavy (non-hydrogen) atoms. The highest BCUT2D eigenvalue weighted by molar-refractivity contribution is 8.00. The number of nitrogens with zero attached hydrogens (tertiary/aromatic N) is 1. The predicted molar refractivity (Wildman–Crippen MR) is 61.9 cm³/mol. The summed E-state index contributed by atoms with van der Waals surface area (Å²) in [4.78, 5) is 2.23. The van der Waals surface area contributed by atoms with Crippen LogP contribution in [0.5, 0.6) is 0 Å². The Morgan fingerprint density at radius 1 is 1.25 bits per heavy atom. The van der Waals surface area contributed by atoms with E-state index in [2.05, 4.69) is 24.1 Å². The van der Waals surface area contributed by atoms with E-state index in [0.717, 1.165) is 13.1 Å². The van der Waals surface area contributed by atoms with Crippen LogP contribution in [0.2, 0.25) is 0 Å².